The maximum Gasteiger partial charge on any atom is 0.337 e. The number of carboxylic acid groups (broad SMARTS) is 1. The lowest BCUT2D eigenvalue weighted by Gasteiger charge is -2.39. The molecule has 140 valence electrons. The highest BCUT2D eigenvalue weighted by molar-refractivity contribution is 5.96. The molecule has 0 spiro atoms. The van der Waals surface area contributed by atoms with Crippen molar-refractivity contribution in [3.05, 3.63) is 99.6 Å². The highest BCUT2D eigenvalue weighted by atomic mass is 16.4. The molecule has 1 aliphatic carbocycles. The van der Waals surface area contributed by atoms with Crippen LogP contribution in [-0.2, 0) is 6.42 Å². The van der Waals surface area contributed by atoms with Crippen LogP contribution in [0.1, 0.15) is 55.7 Å². The van der Waals surface area contributed by atoms with E-state index in [4.69, 9.17) is 0 Å². The van der Waals surface area contributed by atoms with Gasteiger partial charge in [0.1, 0.15) is 0 Å². The highest BCUT2D eigenvalue weighted by Crippen LogP contribution is 2.54. The van der Waals surface area contributed by atoms with Crippen LogP contribution in [0.5, 0.6) is 0 Å². The molecule has 0 saturated carbocycles. The molecule has 2 N–H and O–H groups in total. The molecule has 0 amide bonds. The van der Waals surface area contributed by atoms with E-state index < -0.39 is 5.97 Å². The Morgan fingerprint density at radius 1 is 0.964 bits per heavy atom. The minimum absolute atomic E-state index is 0.0882. The first-order valence-electron chi connectivity index (χ1n) is 9.82. The van der Waals surface area contributed by atoms with Crippen molar-refractivity contribution in [1.82, 2.24) is 0 Å². The average molecular weight is 369 g/mol. The Kier molecular flexibility index (Phi) is 3.80. The topological polar surface area (TPSA) is 49.3 Å². The number of rotatable bonds is 2. The Labute approximate surface area is 165 Å². The second kappa shape index (κ2) is 6.23. The molecule has 3 heteroatoms. The van der Waals surface area contributed by atoms with Gasteiger partial charge in [-0.2, -0.15) is 0 Å². The number of hydrogen-bond donors (Lipinski definition) is 2. The van der Waals surface area contributed by atoms with Gasteiger partial charge in [0.15, 0.2) is 0 Å². The van der Waals surface area contributed by atoms with Crippen molar-refractivity contribution >= 4 is 11.7 Å². The minimum Gasteiger partial charge on any atom is -0.478 e. The molecule has 0 unspecified atom stereocenters. The molecule has 0 aromatic heterocycles. The van der Waals surface area contributed by atoms with Crippen molar-refractivity contribution in [2.75, 3.05) is 5.32 Å². The molecule has 28 heavy (non-hydrogen) atoms. The average Bonchev–Trinajstić information content (AvgIpc) is 3.08. The number of hydrogen-bond acceptors (Lipinski definition) is 2. The molecule has 0 bridgehead atoms. The monoisotopic (exact) mass is 369 g/mol. The Morgan fingerprint density at radius 3 is 2.57 bits per heavy atom. The normalized spacial score (nSPS) is 22.0. The molecule has 5 rings (SSSR count). The molecular formula is C25H23NO2. The summed E-state index contributed by atoms with van der Waals surface area (Å²) in [6.07, 6.45) is 1.00. The summed E-state index contributed by atoms with van der Waals surface area (Å²) < 4.78 is 0. The van der Waals surface area contributed by atoms with E-state index >= 15 is 0 Å². The molecule has 3 nitrogen and oxygen atoms in total. The number of nitrogens with one attached hydrogen (secondary N) is 1. The lowest BCUT2D eigenvalue weighted by molar-refractivity contribution is 0.0697. The van der Waals surface area contributed by atoms with Crippen LogP contribution in [0.15, 0.2) is 60.7 Å². The van der Waals surface area contributed by atoms with E-state index in [1.807, 2.05) is 6.07 Å². The first kappa shape index (κ1) is 17.1. The second-order valence-electron chi connectivity index (χ2n) is 8.10. The van der Waals surface area contributed by atoms with Crippen molar-refractivity contribution in [3.8, 4) is 0 Å². The number of anilines is 1. The van der Waals surface area contributed by atoms with E-state index in [0.29, 0.717) is 11.5 Å². The number of carboxylic acids is 1. The lowest BCUT2D eigenvalue weighted by atomic mass is 9.74. The number of aromatic carboxylic acids is 1. The summed E-state index contributed by atoms with van der Waals surface area (Å²) in [5.74, 6) is -0.292. The van der Waals surface area contributed by atoms with E-state index in [-0.39, 0.29) is 12.0 Å². The van der Waals surface area contributed by atoms with Gasteiger partial charge in [-0.15, -0.1) is 0 Å². The van der Waals surface area contributed by atoms with E-state index in [2.05, 4.69) is 67.7 Å². The number of fused-ring (bicyclic) bond motifs is 5. The summed E-state index contributed by atoms with van der Waals surface area (Å²) in [4.78, 5) is 11.9. The van der Waals surface area contributed by atoms with Gasteiger partial charge in [0, 0.05) is 5.92 Å². The molecule has 2 aliphatic rings. The van der Waals surface area contributed by atoms with Crippen molar-refractivity contribution < 1.29 is 9.90 Å². The fraction of sp³-hybridized carbons (Fsp3) is 0.240. The first-order valence-corrected chi connectivity index (χ1v) is 9.82. The summed E-state index contributed by atoms with van der Waals surface area (Å²) in [5, 5.41) is 13.4. The SMILES string of the molecule is Cc1ccc(C)c([C@@H]2Nc3c(C(=O)O)cccc3[C@@H]3c4ccccc4C[C@@H]32)c1. The summed E-state index contributed by atoms with van der Waals surface area (Å²) in [7, 11) is 0. The van der Waals surface area contributed by atoms with Crippen LogP contribution < -0.4 is 5.32 Å². The second-order valence-corrected chi connectivity index (χ2v) is 8.10. The predicted molar refractivity (Wildman–Crippen MR) is 111 cm³/mol. The van der Waals surface area contributed by atoms with Crippen LogP contribution in [0.25, 0.3) is 0 Å². The molecule has 3 aromatic rings. The molecule has 1 aliphatic heterocycles. The van der Waals surface area contributed by atoms with Crippen molar-refractivity contribution in [1.29, 1.82) is 0 Å². The number of aryl methyl sites for hydroxylation is 2. The van der Waals surface area contributed by atoms with Gasteiger partial charge >= 0.3 is 5.97 Å². The quantitative estimate of drug-likeness (QED) is 0.629. The molecule has 3 atom stereocenters. The van der Waals surface area contributed by atoms with Gasteiger partial charge in [0.05, 0.1) is 17.3 Å². The van der Waals surface area contributed by atoms with Crippen molar-refractivity contribution in [3.63, 3.8) is 0 Å². The summed E-state index contributed by atoms with van der Waals surface area (Å²) in [6.45, 7) is 4.26. The third-order valence-electron chi connectivity index (χ3n) is 6.43. The Bertz CT molecular complexity index is 1100. The molecule has 0 fully saturated rings. The Balaban J connectivity index is 1.75. The smallest absolute Gasteiger partial charge is 0.337 e. The lowest BCUT2D eigenvalue weighted by Crippen LogP contribution is -2.32. The van der Waals surface area contributed by atoms with Crippen LogP contribution in [0, 0.1) is 19.8 Å². The largest absolute Gasteiger partial charge is 0.478 e. The predicted octanol–water partition coefficient (Wildman–Crippen LogP) is 5.47. The standard InChI is InChI=1S/C25H23NO2/c1-14-10-11-15(2)20(12-14)24-21-13-16-6-3-4-7-17(16)22(21)18-8-5-9-19(25(27)28)23(18)26-24/h3-12,21-22,24,26H,13H2,1-2H3,(H,27,28)/t21-,22-,24-/m0/s1. The van der Waals surface area contributed by atoms with E-state index in [9.17, 15) is 9.90 Å². The molecule has 3 aromatic carbocycles. The maximum atomic E-state index is 11.9. The molecule has 0 saturated heterocycles. The van der Waals surface area contributed by atoms with Gasteiger partial charge in [0.2, 0.25) is 0 Å². The Morgan fingerprint density at radius 2 is 1.75 bits per heavy atom. The van der Waals surface area contributed by atoms with Gasteiger partial charge in [-0.3, -0.25) is 0 Å². The molecular weight excluding hydrogens is 346 g/mol. The van der Waals surface area contributed by atoms with E-state index in [1.165, 1.54) is 27.8 Å². The minimum atomic E-state index is -0.881. The first-order chi connectivity index (χ1) is 13.5. The van der Waals surface area contributed by atoms with Crippen LogP contribution in [-0.4, -0.2) is 11.1 Å². The van der Waals surface area contributed by atoms with Gasteiger partial charge in [-0.05, 0) is 60.1 Å². The Hall–Kier alpha value is -3.07. The van der Waals surface area contributed by atoms with Gasteiger partial charge in [-0.25, -0.2) is 4.79 Å². The van der Waals surface area contributed by atoms with Crippen LogP contribution in [0.4, 0.5) is 5.69 Å². The maximum absolute atomic E-state index is 11.9. The summed E-state index contributed by atoms with van der Waals surface area (Å²) in [5.41, 5.74) is 8.71. The van der Waals surface area contributed by atoms with Crippen LogP contribution >= 0.6 is 0 Å². The summed E-state index contributed by atoms with van der Waals surface area (Å²) in [6, 6.07) is 20.9. The molecule has 1 heterocycles. The fourth-order valence-electron chi connectivity index (χ4n) is 5.17. The zero-order chi connectivity index (χ0) is 19.4. The molecule has 0 radical (unpaired) electrons. The number of para-hydroxylation sites is 1. The highest BCUT2D eigenvalue weighted by Gasteiger charge is 2.44. The van der Waals surface area contributed by atoms with E-state index in [0.717, 1.165) is 17.7 Å². The summed E-state index contributed by atoms with van der Waals surface area (Å²) >= 11 is 0. The number of benzene rings is 3. The van der Waals surface area contributed by atoms with Gasteiger partial charge < -0.3 is 10.4 Å². The zero-order valence-electron chi connectivity index (χ0n) is 16.1. The van der Waals surface area contributed by atoms with Crippen molar-refractivity contribution in [2.45, 2.75) is 32.2 Å². The van der Waals surface area contributed by atoms with Crippen LogP contribution in [0.2, 0.25) is 0 Å². The third kappa shape index (κ3) is 2.46. The zero-order valence-corrected chi connectivity index (χ0v) is 16.1. The van der Waals surface area contributed by atoms with Crippen LogP contribution in [0.3, 0.4) is 0 Å². The van der Waals surface area contributed by atoms with Crippen molar-refractivity contribution in [2.24, 2.45) is 5.92 Å². The number of carbonyl (C=O) groups is 1. The van der Waals surface area contributed by atoms with E-state index in [1.54, 1.807) is 6.07 Å². The fourth-order valence-corrected chi connectivity index (χ4v) is 5.17. The van der Waals surface area contributed by atoms with Gasteiger partial charge in [-0.1, -0.05) is 60.2 Å². The van der Waals surface area contributed by atoms with Gasteiger partial charge in [0.25, 0.3) is 0 Å². The third-order valence-corrected chi connectivity index (χ3v) is 6.43.